The van der Waals surface area contributed by atoms with E-state index in [9.17, 15) is 4.79 Å². The highest BCUT2D eigenvalue weighted by atomic mass is 31.1. The number of hydrogen-bond acceptors (Lipinski definition) is 2. The molecule has 3 heteroatoms. The van der Waals surface area contributed by atoms with Gasteiger partial charge in [0.15, 0.2) is 0 Å². The van der Waals surface area contributed by atoms with E-state index in [-0.39, 0.29) is 5.97 Å². The smallest absolute Gasteiger partial charge is 0.334 e. The van der Waals surface area contributed by atoms with Crippen molar-refractivity contribution in [2.24, 2.45) is 0 Å². The molecular weight excluding hydrogens is 495 g/mol. The molecule has 0 unspecified atom stereocenters. The van der Waals surface area contributed by atoms with Gasteiger partial charge in [0.2, 0.25) is 0 Å². The largest absolute Gasteiger partial charge is 0.463 e. The van der Waals surface area contributed by atoms with Crippen molar-refractivity contribution in [2.75, 3.05) is 6.61 Å². The van der Waals surface area contributed by atoms with E-state index in [4.69, 9.17) is 4.74 Å². The lowest BCUT2D eigenvalue weighted by molar-refractivity contribution is -0.138. The molecule has 5 rings (SSSR count). The van der Waals surface area contributed by atoms with Crippen molar-refractivity contribution in [3.63, 3.8) is 0 Å². The number of benzene rings is 5. The lowest BCUT2D eigenvalue weighted by atomic mass is 9.94. The van der Waals surface area contributed by atoms with Gasteiger partial charge in [0.05, 0.1) is 6.61 Å². The Morgan fingerprint density at radius 3 is 1.77 bits per heavy atom. The molecule has 5 aromatic carbocycles. The van der Waals surface area contributed by atoms with Crippen molar-refractivity contribution >= 4 is 35.9 Å². The second-order valence-electron chi connectivity index (χ2n) is 9.16. The summed E-state index contributed by atoms with van der Waals surface area (Å²) in [7, 11) is -0.787. The molecule has 0 amide bonds. The number of hydrogen-bond donors (Lipinski definition) is 0. The van der Waals surface area contributed by atoms with E-state index >= 15 is 0 Å². The van der Waals surface area contributed by atoms with Crippen LogP contribution in [0.5, 0.6) is 0 Å². The summed E-state index contributed by atoms with van der Waals surface area (Å²) in [6.07, 6.45) is 2.42. The van der Waals surface area contributed by atoms with Gasteiger partial charge in [-0.1, -0.05) is 140 Å². The lowest BCUT2D eigenvalue weighted by Gasteiger charge is -2.23. The standard InChI is InChI=1S/C36H31O2P/c1-2-38-36(37)30(26-28-16-6-3-7-17-28)27-29-18-12-13-23-33(29)34-24-14-15-25-35(34)39(31-19-8-4-9-20-31)32-21-10-5-11-22-32/h3-26H,2,27H2,1H3/b30-26+. The monoisotopic (exact) mass is 526 g/mol. The fourth-order valence-corrected chi connectivity index (χ4v) is 7.24. The zero-order valence-corrected chi connectivity index (χ0v) is 22.9. The molecule has 0 bridgehead atoms. The van der Waals surface area contributed by atoms with E-state index in [0.29, 0.717) is 18.6 Å². The summed E-state index contributed by atoms with van der Waals surface area (Å²) in [6, 6.07) is 48.6. The summed E-state index contributed by atoms with van der Waals surface area (Å²) >= 11 is 0. The Kier molecular flexibility index (Phi) is 8.79. The Labute approximate surface area is 232 Å². The topological polar surface area (TPSA) is 26.3 Å². The van der Waals surface area contributed by atoms with Crippen LogP contribution in [0.25, 0.3) is 17.2 Å². The highest BCUT2D eigenvalue weighted by Gasteiger charge is 2.22. The molecule has 0 saturated carbocycles. The van der Waals surface area contributed by atoms with Gasteiger partial charge in [0, 0.05) is 12.0 Å². The van der Waals surface area contributed by atoms with E-state index in [0.717, 1.165) is 16.7 Å². The highest BCUT2D eigenvalue weighted by molar-refractivity contribution is 7.80. The van der Waals surface area contributed by atoms with Crippen LogP contribution in [-0.4, -0.2) is 12.6 Å². The Bertz CT molecular complexity index is 1500. The van der Waals surface area contributed by atoms with Crippen molar-refractivity contribution in [1.29, 1.82) is 0 Å². The van der Waals surface area contributed by atoms with E-state index in [1.54, 1.807) is 0 Å². The first-order chi connectivity index (χ1) is 19.2. The fraction of sp³-hybridized carbons (Fsp3) is 0.0833. The quantitative estimate of drug-likeness (QED) is 0.114. The van der Waals surface area contributed by atoms with Crippen LogP contribution < -0.4 is 15.9 Å². The number of ether oxygens (including phenoxy) is 1. The summed E-state index contributed by atoms with van der Waals surface area (Å²) in [5, 5.41) is 3.90. The van der Waals surface area contributed by atoms with Gasteiger partial charge in [-0.3, -0.25) is 0 Å². The van der Waals surface area contributed by atoms with Gasteiger partial charge < -0.3 is 4.74 Å². The van der Waals surface area contributed by atoms with Crippen molar-refractivity contribution < 1.29 is 9.53 Å². The van der Waals surface area contributed by atoms with Crippen molar-refractivity contribution in [3.05, 3.63) is 156 Å². The molecule has 0 spiro atoms. The molecule has 39 heavy (non-hydrogen) atoms. The molecule has 0 aliphatic heterocycles. The first-order valence-electron chi connectivity index (χ1n) is 13.2. The Balaban J connectivity index is 1.62. The number of esters is 1. The molecule has 0 atom stereocenters. The maximum Gasteiger partial charge on any atom is 0.334 e. The first-order valence-corrected chi connectivity index (χ1v) is 14.6. The molecule has 0 aliphatic carbocycles. The minimum absolute atomic E-state index is 0.278. The molecule has 5 aromatic rings. The Morgan fingerprint density at radius 2 is 1.15 bits per heavy atom. The Hall–Kier alpha value is -4.26. The van der Waals surface area contributed by atoms with Crippen LogP contribution in [0.2, 0.25) is 0 Å². The van der Waals surface area contributed by atoms with E-state index in [1.807, 2.05) is 49.4 Å². The predicted octanol–water partition coefficient (Wildman–Crippen LogP) is 7.30. The van der Waals surface area contributed by atoms with Gasteiger partial charge in [0.25, 0.3) is 0 Å². The zero-order chi connectivity index (χ0) is 26.9. The number of rotatable bonds is 9. The molecule has 0 saturated heterocycles. The zero-order valence-electron chi connectivity index (χ0n) is 22.0. The second kappa shape index (κ2) is 13.0. The molecule has 0 aliphatic rings. The molecule has 2 nitrogen and oxygen atoms in total. The summed E-state index contributed by atoms with van der Waals surface area (Å²) in [5.41, 5.74) is 5.04. The van der Waals surface area contributed by atoms with Gasteiger partial charge in [-0.05, 0) is 59.1 Å². The summed E-state index contributed by atoms with van der Waals surface area (Å²) < 4.78 is 5.47. The Morgan fingerprint density at radius 1 is 0.641 bits per heavy atom. The van der Waals surface area contributed by atoms with Crippen LogP contribution in [0.1, 0.15) is 18.1 Å². The van der Waals surface area contributed by atoms with Gasteiger partial charge in [0.1, 0.15) is 0 Å². The van der Waals surface area contributed by atoms with Crippen molar-refractivity contribution in [1.82, 2.24) is 0 Å². The molecule has 192 valence electrons. The van der Waals surface area contributed by atoms with Crippen LogP contribution in [-0.2, 0) is 16.0 Å². The normalized spacial score (nSPS) is 11.4. The minimum atomic E-state index is -0.787. The number of carbonyl (C=O) groups is 1. The molecule has 0 fully saturated rings. The third-order valence-electron chi connectivity index (χ3n) is 6.54. The number of carbonyl (C=O) groups excluding carboxylic acids is 1. The van der Waals surface area contributed by atoms with Gasteiger partial charge in [-0.25, -0.2) is 4.79 Å². The van der Waals surface area contributed by atoms with Crippen LogP contribution >= 0.6 is 7.92 Å². The second-order valence-corrected chi connectivity index (χ2v) is 11.3. The van der Waals surface area contributed by atoms with Gasteiger partial charge in [-0.2, -0.15) is 0 Å². The van der Waals surface area contributed by atoms with E-state index in [1.165, 1.54) is 21.5 Å². The first kappa shape index (κ1) is 26.4. The van der Waals surface area contributed by atoms with Crippen LogP contribution in [0.3, 0.4) is 0 Å². The van der Waals surface area contributed by atoms with E-state index in [2.05, 4.69) is 103 Å². The maximum absolute atomic E-state index is 13.1. The SMILES string of the molecule is CCOC(=O)/C(=C/c1ccccc1)Cc1ccccc1-c1ccccc1P(c1ccccc1)c1ccccc1. The average molecular weight is 527 g/mol. The molecule has 0 radical (unpaired) electrons. The maximum atomic E-state index is 13.1. The minimum Gasteiger partial charge on any atom is -0.463 e. The van der Waals surface area contributed by atoms with E-state index < -0.39 is 7.92 Å². The molecule has 0 N–H and O–H groups in total. The fourth-order valence-electron chi connectivity index (χ4n) is 4.78. The van der Waals surface area contributed by atoms with Crippen molar-refractivity contribution in [2.45, 2.75) is 13.3 Å². The van der Waals surface area contributed by atoms with Crippen molar-refractivity contribution in [3.8, 4) is 11.1 Å². The van der Waals surface area contributed by atoms with Crippen LogP contribution in [0.4, 0.5) is 0 Å². The third-order valence-corrected chi connectivity index (χ3v) is 9.04. The van der Waals surface area contributed by atoms with Crippen LogP contribution in [0.15, 0.2) is 145 Å². The van der Waals surface area contributed by atoms with Crippen LogP contribution in [0, 0.1) is 0 Å². The molecule has 0 aromatic heterocycles. The third kappa shape index (κ3) is 6.42. The van der Waals surface area contributed by atoms with Gasteiger partial charge >= 0.3 is 5.97 Å². The van der Waals surface area contributed by atoms with Gasteiger partial charge in [-0.15, -0.1) is 0 Å². The molecular formula is C36H31O2P. The predicted molar refractivity (Wildman–Crippen MR) is 165 cm³/mol. The summed E-state index contributed by atoms with van der Waals surface area (Å²) in [5.74, 6) is -0.278. The highest BCUT2D eigenvalue weighted by Crippen LogP contribution is 2.38. The summed E-state index contributed by atoms with van der Waals surface area (Å²) in [6.45, 7) is 2.19. The lowest BCUT2D eigenvalue weighted by Crippen LogP contribution is -2.22. The molecule has 0 heterocycles. The average Bonchev–Trinajstić information content (AvgIpc) is 2.99. The summed E-state index contributed by atoms with van der Waals surface area (Å²) in [4.78, 5) is 13.1.